The molecular weight excluding hydrogens is 224 g/mol. The number of methoxy groups -OCH3 is 1. The van der Waals surface area contributed by atoms with Crippen molar-refractivity contribution in [2.45, 2.75) is 45.1 Å². The molecule has 1 aliphatic heterocycles. The van der Waals surface area contributed by atoms with Crippen molar-refractivity contribution in [3.63, 3.8) is 0 Å². The van der Waals surface area contributed by atoms with Crippen LogP contribution >= 0.6 is 0 Å². The van der Waals surface area contributed by atoms with Crippen molar-refractivity contribution in [3.05, 3.63) is 29.3 Å². The molecule has 0 spiro atoms. The number of aryl methyl sites for hydroxylation is 1. The second-order valence-corrected chi connectivity index (χ2v) is 6.40. The van der Waals surface area contributed by atoms with Gasteiger partial charge in [-0.25, -0.2) is 0 Å². The highest BCUT2D eigenvalue weighted by Gasteiger charge is 2.63. The van der Waals surface area contributed by atoms with Gasteiger partial charge < -0.3 is 9.47 Å². The average molecular weight is 246 g/mol. The smallest absolute Gasteiger partial charge is 0.122 e. The molecule has 1 saturated carbocycles. The maximum Gasteiger partial charge on any atom is 0.122 e. The molecule has 0 aromatic heterocycles. The molecule has 3 rings (SSSR count). The first-order valence-electron chi connectivity index (χ1n) is 6.78. The van der Waals surface area contributed by atoms with E-state index in [9.17, 15) is 0 Å². The van der Waals surface area contributed by atoms with E-state index < -0.39 is 0 Å². The Balaban J connectivity index is 2.17. The second-order valence-electron chi connectivity index (χ2n) is 6.40. The summed E-state index contributed by atoms with van der Waals surface area (Å²) in [6.45, 7) is 7.73. The van der Waals surface area contributed by atoms with Crippen LogP contribution in [-0.2, 0) is 10.2 Å². The molecule has 18 heavy (non-hydrogen) atoms. The Bertz CT molecular complexity index is 478. The molecular formula is C16H22O2. The van der Waals surface area contributed by atoms with Crippen molar-refractivity contribution in [2.24, 2.45) is 5.41 Å². The Morgan fingerprint density at radius 1 is 1.33 bits per heavy atom. The van der Waals surface area contributed by atoms with Crippen molar-refractivity contribution in [2.75, 3.05) is 13.7 Å². The van der Waals surface area contributed by atoms with Gasteiger partial charge in [-0.05, 0) is 31.2 Å². The predicted molar refractivity (Wildman–Crippen MR) is 72.2 cm³/mol. The van der Waals surface area contributed by atoms with Crippen LogP contribution in [0, 0.1) is 12.3 Å². The number of hydrogen-bond donors (Lipinski definition) is 0. The molecule has 0 bridgehead atoms. The van der Waals surface area contributed by atoms with Crippen LogP contribution in [0.25, 0.3) is 0 Å². The third-order valence-corrected chi connectivity index (χ3v) is 5.14. The van der Waals surface area contributed by atoms with Gasteiger partial charge in [-0.2, -0.15) is 0 Å². The minimum Gasteiger partial charge on any atom is -0.496 e. The summed E-state index contributed by atoms with van der Waals surface area (Å²) in [5, 5.41) is 0. The van der Waals surface area contributed by atoms with Crippen LogP contribution in [0.15, 0.2) is 18.2 Å². The summed E-state index contributed by atoms with van der Waals surface area (Å²) < 4.78 is 11.4. The maximum absolute atomic E-state index is 5.83. The molecule has 0 amide bonds. The molecule has 1 heterocycles. The first-order valence-corrected chi connectivity index (χ1v) is 6.78. The minimum atomic E-state index is 0.157. The Morgan fingerprint density at radius 3 is 2.67 bits per heavy atom. The van der Waals surface area contributed by atoms with Crippen LogP contribution in [0.5, 0.6) is 5.75 Å². The zero-order chi connectivity index (χ0) is 13.0. The summed E-state index contributed by atoms with van der Waals surface area (Å²) in [5.41, 5.74) is 3.10. The zero-order valence-corrected chi connectivity index (χ0v) is 11.7. The van der Waals surface area contributed by atoms with Crippen LogP contribution in [0.1, 0.15) is 37.8 Å². The number of benzene rings is 1. The summed E-state index contributed by atoms with van der Waals surface area (Å²) in [5.74, 6) is 1.02. The first-order chi connectivity index (χ1) is 8.51. The summed E-state index contributed by atoms with van der Waals surface area (Å²) in [6.07, 6.45) is 2.78. The Kier molecular flexibility index (Phi) is 2.50. The molecule has 2 heteroatoms. The van der Waals surface area contributed by atoms with E-state index in [1.54, 1.807) is 7.11 Å². The van der Waals surface area contributed by atoms with Crippen molar-refractivity contribution >= 4 is 0 Å². The van der Waals surface area contributed by atoms with Gasteiger partial charge in [0.1, 0.15) is 5.75 Å². The Morgan fingerprint density at radius 2 is 2.11 bits per heavy atom. The predicted octanol–water partition coefficient (Wildman–Crippen LogP) is 3.46. The van der Waals surface area contributed by atoms with Crippen LogP contribution in [-0.4, -0.2) is 19.8 Å². The van der Waals surface area contributed by atoms with Gasteiger partial charge in [0.2, 0.25) is 0 Å². The standard InChI is InChI=1S/C16H22O2/c1-11-5-6-13(17-4)12(9-11)16-10-18-14(16)7-8-15(16,2)3/h5-6,9,14H,7-8,10H2,1-4H3/t14-,16+/m1/s1. The van der Waals surface area contributed by atoms with Crippen LogP contribution in [0.2, 0.25) is 0 Å². The SMILES string of the molecule is COc1ccc(C)cc1[C@@]12CO[C@@H]1CCC2(C)C. The molecule has 1 saturated heterocycles. The minimum absolute atomic E-state index is 0.157. The molecule has 1 aromatic rings. The van der Waals surface area contributed by atoms with Gasteiger partial charge in [0.05, 0.1) is 25.2 Å². The monoisotopic (exact) mass is 246 g/mol. The summed E-state index contributed by atoms with van der Waals surface area (Å²) >= 11 is 0. The fourth-order valence-corrected chi connectivity index (χ4v) is 3.83. The van der Waals surface area contributed by atoms with Crippen molar-refractivity contribution in [1.29, 1.82) is 0 Å². The largest absolute Gasteiger partial charge is 0.496 e. The topological polar surface area (TPSA) is 18.5 Å². The quantitative estimate of drug-likeness (QED) is 0.795. The van der Waals surface area contributed by atoms with Crippen molar-refractivity contribution in [1.82, 2.24) is 0 Å². The summed E-state index contributed by atoms with van der Waals surface area (Å²) in [4.78, 5) is 0. The van der Waals surface area contributed by atoms with E-state index in [0.717, 1.165) is 12.4 Å². The van der Waals surface area contributed by atoms with Gasteiger partial charge in [-0.3, -0.25) is 0 Å². The molecule has 0 N–H and O–H groups in total. The third kappa shape index (κ3) is 1.33. The molecule has 2 fully saturated rings. The fraction of sp³-hybridized carbons (Fsp3) is 0.625. The lowest BCUT2D eigenvalue weighted by Gasteiger charge is -2.53. The highest BCUT2D eigenvalue weighted by Crippen LogP contribution is 2.61. The number of rotatable bonds is 2. The zero-order valence-electron chi connectivity index (χ0n) is 11.7. The van der Waals surface area contributed by atoms with Crippen LogP contribution in [0.3, 0.4) is 0 Å². The normalized spacial score (nSPS) is 32.8. The van der Waals surface area contributed by atoms with E-state index in [4.69, 9.17) is 9.47 Å². The fourth-order valence-electron chi connectivity index (χ4n) is 3.83. The van der Waals surface area contributed by atoms with Gasteiger partial charge in [0.25, 0.3) is 0 Å². The first kappa shape index (κ1) is 12.0. The van der Waals surface area contributed by atoms with Gasteiger partial charge in [0, 0.05) is 5.56 Å². The van der Waals surface area contributed by atoms with Gasteiger partial charge in [-0.1, -0.05) is 31.5 Å². The number of ether oxygens (including phenoxy) is 2. The van der Waals surface area contributed by atoms with Crippen molar-refractivity contribution < 1.29 is 9.47 Å². The van der Waals surface area contributed by atoms with Gasteiger partial charge in [0.15, 0.2) is 0 Å². The molecule has 1 aromatic carbocycles. The van der Waals surface area contributed by atoms with E-state index >= 15 is 0 Å². The third-order valence-electron chi connectivity index (χ3n) is 5.14. The Hall–Kier alpha value is -1.02. The molecule has 0 unspecified atom stereocenters. The lowest BCUT2D eigenvalue weighted by molar-refractivity contribution is -0.152. The van der Waals surface area contributed by atoms with Crippen molar-refractivity contribution in [3.8, 4) is 5.75 Å². The highest BCUT2D eigenvalue weighted by molar-refractivity contribution is 5.47. The lowest BCUT2D eigenvalue weighted by Crippen LogP contribution is -2.58. The lowest BCUT2D eigenvalue weighted by atomic mass is 9.60. The number of hydrogen-bond acceptors (Lipinski definition) is 2. The van der Waals surface area contributed by atoms with E-state index in [0.29, 0.717) is 6.10 Å². The van der Waals surface area contributed by atoms with Gasteiger partial charge in [-0.15, -0.1) is 0 Å². The van der Waals surface area contributed by atoms with Crippen LogP contribution < -0.4 is 4.74 Å². The maximum atomic E-state index is 5.83. The molecule has 98 valence electrons. The molecule has 0 radical (unpaired) electrons. The molecule has 1 aliphatic carbocycles. The van der Waals surface area contributed by atoms with E-state index in [2.05, 4.69) is 39.0 Å². The summed E-state index contributed by atoms with van der Waals surface area (Å²) in [7, 11) is 1.77. The van der Waals surface area contributed by atoms with E-state index in [1.165, 1.54) is 24.0 Å². The van der Waals surface area contributed by atoms with Gasteiger partial charge >= 0.3 is 0 Å². The molecule has 2 aliphatic rings. The molecule has 2 atom stereocenters. The molecule has 2 nitrogen and oxygen atoms in total. The van der Waals surface area contributed by atoms with E-state index in [1.807, 2.05) is 0 Å². The van der Waals surface area contributed by atoms with Crippen LogP contribution in [0.4, 0.5) is 0 Å². The number of fused-ring (bicyclic) bond motifs is 1. The highest BCUT2D eigenvalue weighted by atomic mass is 16.5. The second kappa shape index (κ2) is 3.74. The Labute approximate surface area is 109 Å². The summed E-state index contributed by atoms with van der Waals surface area (Å²) in [6, 6.07) is 6.51. The average Bonchev–Trinajstić information content (AvgIpc) is 2.45. The van der Waals surface area contributed by atoms with E-state index in [-0.39, 0.29) is 10.8 Å².